The van der Waals surface area contributed by atoms with E-state index in [1.165, 1.54) is 13.3 Å². The number of imidazole rings is 1. The van der Waals surface area contributed by atoms with Gasteiger partial charge in [0.25, 0.3) is 0 Å². The van der Waals surface area contributed by atoms with Crippen molar-refractivity contribution in [2.24, 2.45) is 94.7 Å². The van der Waals surface area contributed by atoms with Crippen LogP contribution in [0.5, 0.6) is 0 Å². The van der Waals surface area contributed by atoms with Crippen molar-refractivity contribution in [2.45, 2.75) is 189 Å². The first-order valence-corrected chi connectivity index (χ1v) is 32.0. The Bertz CT molecular complexity index is 3540. The number of ether oxygens (including phenoxy) is 1. The number of nitrogens with one attached hydrogen (secondary N) is 1. The molecule has 0 saturated carbocycles. The number of carbonyl (C=O) groups excluding carboxylic acids is 7. The molecule has 8 rings (SSSR count). The number of aliphatic hydroxyl groups is 2. The summed E-state index contributed by atoms with van der Waals surface area (Å²) >= 11 is 0. The van der Waals surface area contributed by atoms with Gasteiger partial charge in [-0.05, 0) is 119 Å². The Labute approximate surface area is 547 Å². The number of benzene rings is 1. The fraction of sp³-hybridized carbons (Fsp3) is 0.619. The first kappa shape index (κ1) is 74.5. The van der Waals surface area contributed by atoms with Crippen LogP contribution in [-0.2, 0) is 68.7 Å². The Morgan fingerprint density at radius 1 is 0.783 bits per heavy atom. The van der Waals surface area contributed by atoms with Gasteiger partial charge in [-0.2, -0.15) is 5.70 Å². The molecule has 7 amide bonds. The number of hydrogen-bond acceptors (Lipinski definition) is 17. The zero-order valence-electron chi connectivity index (χ0n) is 54.5. The molecule has 1 aromatic carbocycles. The van der Waals surface area contributed by atoms with Crippen LogP contribution in [0.4, 0.5) is 0 Å². The Morgan fingerprint density at radius 3 is 1.95 bits per heavy atom. The van der Waals surface area contributed by atoms with Gasteiger partial charge in [-0.1, -0.05) is 40.7 Å². The minimum atomic E-state index is -5.07. The molecule has 27 nitrogen and oxygen atoms in total. The summed E-state index contributed by atoms with van der Waals surface area (Å²) in [6.07, 6.45) is -4.47. The molecule has 6 aliphatic rings. The van der Waals surface area contributed by atoms with Crippen molar-refractivity contribution in [1.82, 2.24) is 14.9 Å². The topological polar surface area (TPSA) is 462 Å². The van der Waals surface area contributed by atoms with Crippen LogP contribution in [0.2, 0.25) is 0 Å². The van der Waals surface area contributed by atoms with Crippen molar-refractivity contribution in [3.63, 3.8) is 0 Å². The average molecular weight is 1350 g/mol. The third kappa shape index (κ3) is 14.1. The van der Waals surface area contributed by atoms with Gasteiger partial charge in [-0.3, -0.25) is 57.6 Å². The molecule has 6 aliphatic heterocycles. The molecule has 8 bridgehead atoms. The monoisotopic (exact) mass is 1340 g/mol. The van der Waals surface area contributed by atoms with Crippen LogP contribution in [0.1, 0.15) is 150 Å². The normalized spacial score (nSPS) is 31.3. The number of phosphoric acid groups is 1. The second kappa shape index (κ2) is 27.8. The predicted molar refractivity (Wildman–Crippen MR) is 340 cm³/mol. The number of amides is 7. The van der Waals surface area contributed by atoms with Gasteiger partial charge < -0.3 is 76.9 Å². The fourth-order valence-corrected chi connectivity index (χ4v) is 16.5. The molecule has 0 radical (unpaired) electrons. The van der Waals surface area contributed by atoms with Gasteiger partial charge in [0.1, 0.15) is 18.3 Å². The van der Waals surface area contributed by atoms with E-state index in [1.807, 2.05) is 80.5 Å². The number of aliphatic imine (C=N–C) groups is 3. The molecule has 0 aliphatic carbocycles. The van der Waals surface area contributed by atoms with Crippen LogP contribution in [0.15, 0.2) is 67.8 Å². The molecule has 2 aromatic rings. The van der Waals surface area contributed by atoms with E-state index in [9.17, 15) is 53.2 Å². The first-order chi connectivity index (χ1) is 41.8. The van der Waals surface area contributed by atoms with Gasteiger partial charge in [0.05, 0.1) is 41.3 Å². The van der Waals surface area contributed by atoms with E-state index in [1.54, 1.807) is 11.5 Å². The average Bonchev–Trinajstić information content (AvgIpc) is 1.53. The Kier molecular flexibility index (Phi) is 22.6. The summed E-state index contributed by atoms with van der Waals surface area (Å²) in [7, 11) is -5.07. The van der Waals surface area contributed by atoms with Gasteiger partial charge in [-0.25, -0.2) is 9.55 Å². The van der Waals surface area contributed by atoms with Crippen molar-refractivity contribution in [2.75, 3.05) is 13.2 Å². The Hall–Kier alpha value is -6.49. The molecule has 15 unspecified atom stereocenters. The summed E-state index contributed by atoms with van der Waals surface area (Å²) in [6, 6.07) is 2.68. The number of hydrogen-bond donors (Lipinski definition) is 10. The zero-order valence-corrected chi connectivity index (χ0v) is 56.5. The number of primary amides is 6. The number of aryl methyl sites for hydroxylation is 2. The summed E-state index contributed by atoms with van der Waals surface area (Å²) in [5.41, 5.74) is 36.8. The molecule has 92 heavy (non-hydrogen) atoms. The number of nitrogens with zero attached hydrogens (tertiary/aromatic N) is 6. The molecular formula is C63H92CoN13O14P+. The molecular weight excluding hydrogens is 1250 g/mol. The van der Waals surface area contributed by atoms with Crippen LogP contribution in [0.3, 0.4) is 0 Å². The zero-order chi connectivity index (χ0) is 66.7. The molecule has 2 fully saturated rings. The summed E-state index contributed by atoms with van der Waals surface area (Å²) in [4.78, 5) is 125. The second-order valence-electron chi connectivity index (χ2n) is 27.0. The van der Waals surface area contributed by atoms with E-state index < -0.39 is 143 Å². The first-order valence-electron chi connectivity index (χ1n) is 30.5. The van der Waals surface area contributed by atoms with Gasteiger partial charge >= 0.3 is 24.6 Å². The Morgan fingerprint density at radius 2 is 1.37 bits per heavy atom. The SMILES string of the molecule is CC1=C2N=C(C=C3N=C(C(C)=C4[N-]C(C(CC(N)=O)C4(C)CCC(=O)NCC(C)OP(=O)(O)OC4C(CO)OC(n5cnc6cc(C)c(C)cc65)C4O)C4(C)N=C1C(CCC(N)=O)C4(C)CC(N)=O)C(CCC(N)=O)C3(C)C)C(CCC(N)=O)C2(C)CC(N)=O.[CH3-].[Co+3]. The van der Waals surface area contributed by atoms with Gasteiger partial charge in [0.2, 0.25) is 41.4 Å². The van der Waals surface area contributed by atoms with Crippen molar-refractivity contribution < 1.29 is 83.8 Å². The Balaban J connectivity index is 0.00000672. The maximum absolute atomic E-state index is 14.4. The van der Waals surface area contributed by atoms with Crippen LogP contribution in [0.25, 0.3) is 16.4 Å². The number of phosphoric ester groups is 1. The smallest absolute Gasteiger partial charge is 0.682 e. The molecule has 0 spiro atoms. The molecule has 29 heteroatoms. The van der Waals surface area contributed by atoms with Gasteiger partial charge in [0, 0.05) is 108 Å². The molecule has 1 aromatic heterocycles. The van der Waals surface area contributed by atoms with Gasteiger partial charge in [0.15, 0.2) is 6.23 Å². The second-order valence-corrected chi connectivity index (χ2v) is 28.4. The fourth-order valence-electron chi connectivity index (χ4n) is 15.3. The maximum atomic E-state index is 14.4. The largest absolute Gasteiger partial charge is 3.00 e. The van der Waals surface area contributed by atoms with E-state index in [2.05, 4.69) is 10.3 Å². The third-order valence-corrected chi connectivity index (χ3v) is 21.6. The summed E-state index contributed by atoms with van der Waals surface area (Å²) in [5, 5.41) is 30.2. The minimum Gasteiger partial charge on any atom is -0.682 e. The van der Waals surface area contributed by atoms with Crippen LogP contribution in [-0.4, -0.2) is 132 Å². The van der Waals surface area contributed by atoms with Crippen molar-refractivity contribution in [1.29, 1.82) is 0 Å². The van der Waals surface area contributed by atoms with Crippen LogP contribution in [0, 0.1) is 66.6 Å². The van der Waals surface area contributed by atoms with Crippen LogP contribution >= 0.6 is 7.82 Å². The molecule has 16 N–H and O–H groups in total. The van der Waals surface area contributed by atoms with Crippen LogP contribution < -0.4 is 39.7 Å². The van der Waals surface area contributed by atoms with E-state index >= 15 is 0 Å². The standard InChI is InChI=1S/C62H90N13O14P.CH3.Co/c1-29-20-39-40(21-30(29)2)75(28-70-39)57-52(84)53(41(27-76)87-57)89-90(85,86)88-31(3)26-69-49(83)18-19-59(8)37(22-46(66)80)56-62(11)61(10,25-48(68)82)36(14-17-45(65)79)51(74-62)33(5)55-60(9,24-47(67)81)34(12-15-43(63)77)38(71-55)23-42-58(6,7)35(13-16-44(64)78)50(72-42)32(4)54(59)73-56;;/h20-21,23,28,31,34-37,41,52-53,56-57,76,84H,12-19,22,24-27H2,1-11H3,(H15,63,64,65,66,67,68,69,71,72,73,74,77,78,79,80,81,82,83,85,86);1H3;/q;-1;+3/p-1. The number of carbonyl (C=O) groups is 7. The number of aromatic nitrogens is 2. The van der Waals surface area contributed by atoms with Gasteiger partial charge in [-0.15, -0.1) is 0 Å². The molecule has 2 saturated heterocycles. The van der Waals surface area contributed by atoms with E-state index in [4.69, 9.17) is 68.5 Å². The number of allylic oxidation sites excluding steroid dienone is 6. The van der Waals surface area contributed by atoms with E-state index in [-0.39, 0.29) is 101 Å². The quantitative estimate of drug-likeness (QED) is 0.0461. The number of fused-ring (bicyclic) bond motifs is 7. The van der Waals surface area contributed by atoms with Crippen molar-refractivity contribution in [3.8, 4) is 0 Å². The summed E-state index contributed by atoms with van der Waals surface area (Å²) in [6.45, 7) is 19.1. The summed E-state index contributed by atoms with van der Waals surface area (Å²) < 4.78 is 32.3. The number of nitrogens with two attached hydrogens (primary N) is 6. The number of aliphatic hydroxyl groups excluding tert-OH is 2. The van der Waals surface area contributed by atoms with E-state index in [0.717, 1.165) is 11.1 Å². The van der Waals surface area contributed by atoms with Crippen molar-refractivity contribution >= 4 is 77.3 Å². The maximum Gasteiger partial charge on any atom is 3.00 e. The molecule has 506 valence electrons. The minimum absolute atomic E-state index is 0. The molecule has 15 atom stereocenters. The predicted octanol–water partition coefficient (Wildman–Crippen LogP) is 4.40. The molecule has 7 heterocycles. The van der Waals surface area contributed by atoms with Crippen molar-refractivity contribution in [3.05, 3.63) is 76.6 Å². The van der Waals surface area contributed by atoms with E-state index in [0.29, 0.717) is 56.4 Å². The summed E-state index contributed by atoms with van der Waals surface area (Å²) in [5.74, 6) is -7.34. The number of rotatable bonds is 26. The third-order valence-electron chi connectivity index (χ3n) is 20.5.